The van der Waals surface area contributed by atoms with Crippen LogP contribution in [0, 0.1) is 11.6 Å². The Morgan fingerprint density at radius 1 is 1.14 bits per heavy atom. The molecule has 5 rings (SSSR count). The van der Waals surface area contributed by atoms with E-state index in [1.165, 1.54) is 42.8 Å². The SMILES string of the molecule is CS(C)(=O)=Nc1ccc(-c2c(F)cc3c(nc(Oc4cccc(-c5noc(=O)[nH]5)c4)n3CO)c2F)cc1. The van der Waals surface area contributed by atoms with Crippen LogP contribution in [0.2, 0.25) is 0 Å². The number of imidazole rings is 1. The molecule has 0 aliphatic carbocycles. The highest BCUT2D eigenvalue weighted by molar-refractivity contribution is 7.92. The normalized spacial score (nSPS) is 11.7. The summed E-state index contributed by atoms with van der Waals surface area (Å²) in [5.74, 6) is -2.14. The Labute approximate surface area is 208 Å². The summed E-state index contributed by atoms with van der Waals surface area (Å²) in [5, 5.41) is 13.5. The Kier molecular flexibility index (Phi) is 6.09. The van der Waals surface area contributed by atoms with Crippen LogP contribution in [-0.4, -0.2) is 41.5 Å². The number of nitrogens with zero attached hydrogens (tertiary/aromatic N) is 4. The maximum Gasteiger partial charge on any atom is 0.439 e. The van der Waals surface area contributed by atoms with Crippen LogP contribution < -0.4 is 10.5 Å². The van der Waals surface area contributed by atoms with Crippen LogP contribution in [-0.2, 0) is 16.5 Å². The molecule has 0 radical (unpaired) electrons. The van der Waals surface area contributed by atoms with Gasteiger partial charge in [0.05, 0.1) is 16.8 Å². The van der Waals surface area contributed by atoms with Gasteiger partial charge in [-0.15, -0.1) is 0 Å². The van der Waals surface area contributed by atoms with Gasteiger partial charge >= 0.3 is 11.8 Å². The largest absolute Gasteiger partial charge is 0.439 e. The summed E-state index contributed by atoms with van der Waals surface area (Å²) in [7, 11) is -2.40. The molecule has 3 aromatic carbocycles. The molecule has 0 fully saturated rings. The molecule has 0 saturated carbocycles. The van der Waals surface area contributed by atoms with Gasteiger partial charge in [-0.1, -0.05) is 29.4 Å². The van der Waals surface area contributed by atoms with E-state index in [0.29, 0.717) is 11.3 Å². The highest BCUT2D eigenvalue weighted by Crippen LogP contribution is 2.35. The number of rotatable bonds is 6. The minimum atomic E-state index is -2.40. The van der Waals surface area contributed by atoms with Gasteiger partial charge < -0.3 is 9.84 Å². The average molecular weight is 528 g/mol. The van der Waals surface area contributed by atoms with E-state index in [4.69, 9.17) is 4.74 Å². The van der Waals surface area contributed by atoms with Crippen LogP contribution in [0.3, 0.4) is 0 Å². The molecule has 2 heterocycles. The Morgan fingerprint density at radius 3 is 2.54 bits per heavy atom. The van der Waals surface area contributed by atoms with Crippen molar-refractivity contribution in [3.05, 3.63) is 76.8 Å². The molecule has 10 nitrogen and oxygen atoms in total. The zero-order valence-electron chi connectivity index (χ0n) is 19.4. The van der Waals surface area contributed by atoms with Crippen LogP contribution in [0.1, 0.15) is 0 Å². The van der Waals surface area contributed by atoms with Gasteiger partial charge in [-0.05, 0) is 29.8 Å². The standard InChI is InChI=1S/C24H19F2N5O5S/c1-37(2,34)30-15-8-6-13(7-9-15)19-17(25)11-18-21(20(19)26)27-23(31(18)12-32)35-16-5-3-4-14(10-16)22-28-24(33)36-29-22/h3-11,32H,12H2,1-2H3,(H,28,29,33). The molecule has 0 bridgehead atoms. The molecule has 0 atom stereocenters. The number of ether oxygens (including phenoxy) is 1. The van der Waals surface area contributed by atoms with Gasteiger partial charge in [-0.25, -0.2) is 17.8 Å². The minimum Gasteiger partial charge on any atom is -0.425 e. The van der Waals surface area contributed by atoms with Gasteiger partial charge in [-0.3, -0.25) is 14.1 Å². The maximum absolute atomic E-state index is 15.6. The summed E-state index contributed by atoms with van der Waals surface area (Å²) < 4.78 is 58.0. The molecule has 190 valence electrons. The zero-order valence-corrected chi connectivity index (χ0v) is 20.3. The lowest BCUT2D eigenvalue weighted by molar-refractivity contribution is 0.201. The van der Waals surface area contributed by atoms with E-state index in [-0.39, 0.29) is 39.7 Å². The first-order valence-corrected chi connectivity index (χ1v) is 13.1. The van der Waals surface area contributed by atoms with Crippen molar-refractivity contribution in [3.8, 4) is 34.3 Å². The van der Waals surface area contributed by atoms with Crippen molar-refractivity contribution in [2.45, 2.75) is 6.73 Å². The third-order valence-corrected chi connectivity index (χ3v) is 5.93. The fourth-order valence-corrected chi connectivity index (χ4v) is 4.39. The number of benzene rings is 3. The fourth-order valence-electron chi connectivity index (χ4n) is 3.76. The van der Waals surface area contributed by atoms with Gasteiger partial charge in [0.25, 0.3) is 0 Å². The number of aromatic amines is 1. The Bertz CT molecular complexity index is 1810. The topological polar surface area (TPSA) is 136 Å². The summed E-state index contributed by atoms with van der Waals surface area (Å²) in [4.78, 5) is 17.8. The van der Waals surface area contributed by atoms with Crippen molar-refractivity contribution < 1.29 is 27.4 Å². The molecule has 2 aromatic heterocycles. The lowest BCUT2D eigenvalue weighted by Crippen LogP contribution is -2.01. The molecule has 13 heteroatoms. The van der Waals surface area contributed by atoms with Gasteiger partial charge in [0.2, 0.25) is 0 Å². The zero-order chi connectivity index (χ0) is 26.3. The van der Waals surface area contributed by atoms with E-state index in [1.807, 2.05) is 0 Å². The number of aliphatic hydroxyl groups excluding tert-OH is 1. The maximum atomic E-state index is 15.6. The molecule has 0 unspecified atom stereocenters. The first-order chi connectivity index (χ1) is 17.6. The van der Waals surface area contributed by atoms with Crippen molar-refractivity contribution >= 4 is 26.4 Å². The Morgan fingerprint density at radius 2 is 1.89 bits per heavy atom. The molecule has 0 saturated heterocycles. The van der Waals surface area contributed by atoms with Gasteiger partial charge in [0, 0.05) is 33.9 Å². The molecule has 5 aromatic rings. The van der Waals surface area contributed by atoms with Gasteiger partial charge in [0.15, 0.2) is 11.6 Å². The van der Waals surface area contributed by atoms with E-state index >= 15 is 8.78 Å². The second kappa shape index (κ2) is 9.26. The molecule has 37 heavy (non-hydrogen) atoms. The third-order valence-electron chi connectivity index (χ3n) is 5.28. The van der Waals surface area contributed by atoms with Crippen LogP contribution in [0.25, 0.3) is 33.5 Å². The van der Waals surface area contributed by atoms with Crippen molar-refractivity contribution in [1.29, 1.82) is 0 Å². The summed E-state index contributed by atoms with van der Waals surface area (Å²) in [5.41, 5.74) is 0.557. The van der Waals surface area contributed by atoms with E-state index in [1.54, 1.807) is 18.2 Å². The number of hydrogen-bond donors (Lipinski definition) is 2. The molecule has 0 amide bonds. The van der Waals surface area contributed by atoms with E-state index < -0.39 is 33.9 Å². The molecular formula is C24H19F2N5O5S. The van der Waals surface area contributed by atoms with Crippen LogP contribution >= 0.6 is 0 Å². The van der Waals surface area contributed by atoms with Crippen molar-refractivity contribution in [2.24, 2.45) is 4.36 Å². The Balaban J connectivity index is 1.55. The van der Waals surface area contributed by atoms with Crippen molar-refractivity contribution in [1.82, 2.24) is 19.7 Å². The van der Waals surface area contributed by atoms with E-state index in [2.05, 4.69) is 24.0 Å². The first kappa shape index (κ1) is 24.3. The van der Waals surface area contributed by atoms with Crippen LogP contribution in [0.15, 0.2) is 68.3 Å². The van der Waals surface area contributed by atoms with Crippen molar-refractivity contribution in [2.75, 3.05) is 12.5 Å². The second-order valence-corrected chi connectivity index (χ2v) is 10.8. The summed E-state index contributed by atoms with van der Waals surface area (Å²) in [6.07, 6.45) is 2.97. The smallest absolute Gasteiger partial charge is 0.425 e. The van der Waals surface area contributed by atoms with E-state index in [9.17, 15) is 14.1 Å². The monoisotopic (exact) mass is 527 g/mol. The lowest BCUT2D eigenvalue weighted by Gasteiger charge is -2.09. The van der Waals surface area contributed by atoms with Gasteiger partial charge in [-0.2, -0.15) is 9.35 Å². The van der Waals surface area contributed by atoms with Crippen LogP contribution in [0.4, 0.5) is 14.5 Å². The molecule has 2 N–H and O–H groups in total. The number of hydrogen-bond acceptors (Lipinski definition) is 8. The lowest BCUT2D eigenvalue weighted by atomic mass is 10.0. The quantitative estimate of drug-likeness (QED) is 0.334. The highest BCUT2D eigenvalue weighted by Gasteiger charge is 2.23. The fraction of sp³-hybridized carbons (Fsp3) is 0.125. The third kappa shape index (κ3) is 4.86. The number of fused-ring (bicyclic) bond motifs is 1. The first-order valence-electron chi connectivity index (χ1n) is 10.7. The predicted molar refractivity (Wildman–Crippen MR) is 132 cm³/mol. The molecular weight excluding hydrogens is 508 g/mol. The number of aromatic nitrogens is 4. The molecule has 0 aliphatic heterocycles. The Hall–Kier alpha value is -4.36. The predicted octanol–water partition coefficient (Wildman–Crippen LogP) is 4.43. The van der Waals surface area contributed by atoms with Gasteiger partial charge in [0.1, 0.15) is 23.8 Å². The van der Waals surface area contributed by atoms with Crippen molar-refractivity contribution in [3.63, 3.8) is 0 Å². The summed E-state index contributed by atoms with van der Waals surface area (Å²) in [6, 6.07) is 13.2. The summed E-state index contributed by atoms with van der Waals surface area (Å²) in [6.45, 7) is -0.663. The molecule has 0 aliphatic rings. The second-order valence-electron chi connectivity index (χ2n) is 8.27. The molecule has 0 spiro atoms. The summed E-state index contributed by atoms with van der Waals surface area (Å²) >= 11 is 0. The minimum absolute atomic E-state index is 0.0171. The average Bonchev–Trinajstić information content (AvgIpc) is 3.42. The number of nitrogens with one attached hydrogen (secondary N) is 1. The van der Waals surface area contributed by atoms with Crippen LogP contribution in [0.5, 0.6) is 11.8 Å². The highest BCUT2D eigenvalue weighted by atomic mass is 32.2. The number of halogens is 2. The van der Waals surface area contributed by atoms with E-state index in [0.717, 1.165) is 10.6 Å². The number of aliphatic hydroxyl groups is 1. The number of H-pyrrole nitrogens is 1.